The summed E-state index contributed by atoms with van der Waals surface area (Å²) in [5.74, 6) is 0.818. The van der Waals surface area contributed by atoms with Crippen LogP contribution in [-0.2, 0) is 6.42 Å². The Labute approximate surface area is 131 Å². The van der Waals surface area contributed by atoms with Crippen LogP contribution >= 0.6 is 0 Å². The number of nitrogens with one attached hydrogen (secondary N) is 1. The Bertz CT molecular complexity index is 620. The highest BCUT2D eigenvalue weighted by molar-refractivity contribution is 5.93. The molecule has 2 rings (SSSR count). The molecule has 1 amide bonds. The van der Waals surface area contributed by atoms with Crippen molar-refractivity contribution in [1.82, 2.24) is 15.1 Å². The van der Waals surface area contributed by atoms with Gasteiger partial charge in [0.05, 0.1) is 18.9 Å². The minimum absolute atomic E-state index is 0.0769. The summed E-state index contributed by atoms with van der Waals surface area (Å²) in [6, 6.07) is 8.21. The Morgan fingerprint density at radius 1 is 1.36 bits per heavy atom. The molecule has 22 heavy (non-hydrogen) atoms. The highest BCUT2D eigenvalue weighted by Gasteiger charge is 2.09. The predicted octanol–water partition coefficient (Wildman–Crippen LogP) is 2.84. The van der Waals surface area contributed by atoms with E-state index in [-0.39, 0.29) is 11.9 Å². The molecule has 5 heteroatoms. The Morgan fingerprint density at radius 2 is 2.14 bits per heavy atom. The molecule has 0 saturated carbocycles. The maximum Gasteiger partial charge on any atom is 0.254 e. The number of benzene rings is 1. The molecule has 1 heterocycles. The normalized spacial score (nSPS) is 10.7. The molecule has 0 radical (unpaired) electrons. The topological polar surface area (TPSA) is 56.1 Å². The minimum atomic E-state index is -0.0769. The van der Waals surface area contributed by atoms with Crippen LogP contribution in [0.5, 0.6) is 5.75 Å². The molecule has 1 aromatic heterocycles. The lowest BCUT2D eigenvalue weighted by molar-refractivity contribution is 0.0953. The number of aromatic nitrogens is 2. The fourth-order valence-electron chi connectivity index (χ4n) is 2.23. The third-order valence-corrected chi connectivity index (χ3v) is 3.49. The smallest absolute Gasteiger partial charge is 0.254 e. The number of methoxy groups -OCH3 is 1. The third kappa shape index (κ3) is 4.10. The first-order valence-corrected chi connectivity index (χ1v) is 7.56. The van der Waals surface area contributed by atoms with Crippen molar-refractivity contribution in [2.45, 2.75) is 32.7 Å². The van der Waals surface area contributed by atoms with Gasteiger partial charge in [0.25, 0.3) is 5.91 Å². The molecular weight excluding hydrogens is 278 g/mol. The number of carbonyl (C=O) groups is 1. The maximum atomic E-state index is 12.0. The lowest BCUT2D eigenvalue weighted by atomic mass is 10.1. The Morgan fingerprint density at radius 3 is 2.82 bits per heavy atom. The van der Waals surface area contributed by atoms with Gasteiger partial charge in [-0.05, 0) is 38.3 Å². The number of amides is 1. The highest BCUT2D eigenvalue weighted by atomic mass is 16.5. The van der Waals surface area contributed by atoms with Crippen LogP contribution in [0.2, 0.25) is 0 Å². The predicted molar refractivity (Wildman–Crippen MR) is 86.3 cm³/mol. The lowest BCUT2D eigenvalue weighted by Gasteiger charge is -2.08. The van der Waals surface area contributed by atoms with E-state index in [1.165, 1.54) is 0 Å². The van der Waals surface area contributed by atoms with Crippen molar-refractivity contribution in [3.63, 3.8) is 0 Å². The number of carbonyl (C=O) groups excluding carboxylic acids is 1. The van der Waals surface area contributed by atoms with Gasteiger partial charge < -0.3 is 10.1 Å². The molecule has 118 valence electrons. The second kappa shape index (κ2) is 7.64. The van der Waals surface area contributed by atoms with Gasteiger partial charge >= 0.3 is 0 Å². The Balaban J connectivity index is 1.79. The van der Waals surface area contributed by atoms with Crippen LogP contribution in [0.25, 0.3) is 0 Å². The van der Waals surface area contributed by atoms with Crippen LogP contribution in [0.1, 0.15) is 42.2 Å². The van der Waals surface area contributed by atoms with E-state index in [0.717, 1.165) is 24.2 Å². The van der Waals surface area contributed by atoms with Crippen LogP contribution in [0, 0.1) is 0 Å². The van der Waals surface area contributed by atoms with E-state index in [2.05, 4.69) is 10.4 Å². The summed E-state index contributed by atoms with van der Waals surface area (Å²) in [4.78, 5) is 12.0. The van der Waals surface area contributed by atoms with E-state index in [9.17, 15) is 4.79 Å². The first-order valence-electron chi connectivity index (χ1n) is 7.56. The minimum Gasteiger partial charge on any atom is -0.496 e. The van der Waals surface area contributed by atoms with Crippen LogP contribution in [-0.4, -0.2) is 29.3 Å². The van der Waals surface area contributed by atoms with Crippen LogP contribution in [0.4, 0.5) is 0 Å². The van der Waals surface area contributed by atoms with E-state index < -0.39 is 0 Å². The van der Waals surface area contributed by atoms with Crippen molar-refractivity contribution >= 4 is 5.91 Å². The monoisotopic (exact) mass is 301 g/mol. The molecule has 0 unspecified atom stereocenters. The number of aryl methyl sites for hydroxylation is 1. The molecule has 5 nitrogen and oxygen atoms in total. The van der Waals surface area contributed by atoms with Crippen LogP contribution < -0.4 is 10.1 Å². The van der Waals surface area contributed by atoms with Gasteiger partial charge in [0, 0.05) is 18.8 Å². The summed E-state index contributed by atoms with van der Waals surface area (Å²) in [5, 5.41) is 7.10. The SMILES string of the molecule is COc1ccccc1CCCNC(=O)c1cnn(C(C)C)c1. The second-order valence-corrected chi connectivity index (χ2v) is 5.47. The van der Waals surface area contributed by atoms with E-state index in [1.54, 1.807) is 24.2 Å². The molecule has 1 N–H and O–H groups in total. The number of ether oxygens (including phenoxy) is 1. The summed E-state index contributed by atoms with van der Waals surface area (Å²) >= 11 is 0. The van der Waals surface area contributed by atoms with Crippen molar-refractivity contribution in [3.8, 4) is 5.75 Å². The van der Waals surface area contributed by atoms with E-state index in [0.29, 0.717) is 12.1 Å². The van der Waals surface area contributed by atoms with Crippen molar-refractivity contribution < 1.29 is 9.53 Å². The molecule has 1 aromatic carbocycles. The molecular formula is C17H23N3O2. The molecule has 0 spiro atoms. The van der Waals surface area contributed by atoms with Crippen molar-refractivity contribution in [2.24, 2.45) is 0 Å². The van der Waals surface area contributed by atoms with Gasteiger partial charge in [0.1, 0.15) is 5.75 Å². The van der Waals surface area contributed by atoms with E-state index in [1.807, 2.05) is 38.1 Å². The largest absolute Gasteiger partial charge is 0.496 e. The molecule has 0 saturated heterocycles. The van der Waals surface area contributed by atoms with Gasteiger partial charge in [-0.3, -0.25) is 9.48 Å². The average Bonchev–Trinajstić information content (AvgIpc) is 3.02. The van der Waals surface area contributed by atoms with Crippen molar-refractivity contribution in [3.05, 3.63) is 47.8 Å². The maximum absolute atomic E-state index is 12.0. The van der Waals surface area contributed by atoms with E-state index in [4.69, 9.17) is 4.74 Å². The number of para-hydroxylation sites is 1. The fraction of sp³-hybridized carbons (Fsp3) is 0.412. The Hall–Kier alpha value is -2.30. The molecule has 0 atom stereocenters. The van der Waals surface area contributed by atoms with Crippen LogP contribution in [0.15, 0.2) is 36.7 Å². The number of rotatable bonds is 7. The lowest BCUT2D eigenvalue weighted by Crippen LogP contribution is -2.24. The van der Waals surface area contributed by atoms with Gasteiger partial charge in [-0.25, -0.2) is 0 Å². The summed E-state index contributed by atoms with van der Waals surface area (Å²) in [7, 11) is 1.67. The van der Waals surface area contributed by atoms with Gasteiger partial charge in [0.2, 0.25) is 0 Å². The standard InChI is InChI=1S/C17H23N3O2/c1-13(2)20-12-15(11-19-20)17(21)18-10-6-8-14-7-4-5-9-16(14)22-3/h4-5,7,9,11-13H,6,8,10H2,1-3H3,(H,18,21). The Kier molecular flexibility index (Phi) is 5.58. The molecule has 0 fully saturated rings. The molecule has 2 aromatic rings. The van der Waals surface area contributed by atoms with Crippen LogP contribution in [0.3, 0.4) is 0 Å². The molecule has 0 aliphatic carbocycles. The quantitative estimate of drug-likeness (QED) is 0.800. The average molecular weight is 301 g/mol. The second-order valence-electron chi connectivity index (χ2n) is 5.47. The van der Waals surface area contributed by atoms with E-state index >= 15 is 0 Å². The summed E-state index contributed by atoms with van der Waals surface area (Å²) in [5.41, 5.74) is 1.76. The molecule has 0 aliphatic heterocycles. The number of hydrogen-bond donors (Lipinski definition) is 1. The van der Waals surface area contributed by atoms with Crippen molar-refractivity contribution in [2.75, 3.05) is 13.7 Å². The third-order valence-electron chi connectivity index (χ3n) is 3.49. The molecule has 0 aliphatic rings. The number of hydrogen-bond acceptors (Lipinski definition) is 3. The zero-order chi connectivity index (χ0) is 15.9. The van der Waals surface area contributed by atoms with Gasteiger partial charge in [-0.1, -0.05) is 18.2 Å². The first-order chi connectivity index (χ1) is 10.6. The highest BCUT2D eigenvalue weighted by Crippen LogP contribution is 2.18. The fourth-order valence-corrected chi connectivity index (χ4v) is 2.23. The number of nitrogens with zero attached hydrogens (tertiary/aromatic N) is 2. The zero-order valence-corrected chi connectivity index (χ0v) is 13.4. The summed E-state index contributed by atoms with van der Waals surface area (Å²) in [6.07, 6.45) is 5.12. The molecule has 0 bridgehead atoms. The van der Waals surface area contributed by atoms with Gasteiger partial charge in [-0.15, -0.1) is 0 Å². The first kappa shape index (κ1) is 16.1. The van der Waals surface area contributed by atoms with Gasteiger partial charge in [-0.2, -0.15) is 5.10 Å². The summed E-state index contributed by atoms with van der Waals surface area (Å²) < 4.78 is 7.10. The van der Waals surface area contributed by atoms with Crippen molar-refractivity contribution in [1.29, 1.82) is 0 Å². The summed E-state index contributed by atoms with van der Waals surface area (Å²) in [6.45, 7) is 4.69. The zero-order valence-electron chi connectivity index (χ0n) is 13.4. The van der Waals surface area contributed by atoms with Gasteiger partial charge in [0.15, 0.2) is 0 Å².